The molecule has 0 aliphatic heterocycles. The molecule has 4 aliphatic carbocycles. The first-order chi connectivity index (χ1) is 17.2. The predicted octanol–water partition coefficient (Wildman–Crippen LogP) is 4.24. The highest BCUT2D eigenvalue weighted by Gasteiger charge is 2.59. The van der Waals surface area contributed by atoms with Crippen molar-refractivity contribution in [2.24, 2.45) is 45.3 Å². The molecule has 8 atom stereocenters. The number of carboxylic acid groups (broad SMARTS) is 2. The van der Waals surface area contributed by atoms with Crippen LogP contribution in [-0.4, -0.2) is 33.4 Å². The summed E-state index contributed by atoms with van der Waals surface area (Å²) in [6, 6.07) is 0. The average Bonchev–Trinajstić information content (AvgIpc) is 2.72. The Morgan fingerprint density at radius 2 is 0.921 bits per heavy atom. The highest BCUT2D eigenvalue weighted by molar-refractivity contribution is 5.65. The molecular weight excluding hydrogens is 480 g/mol. The number of carboxylic acids is 2. The lowest BCUT2D eigenvalue weighted by atomic mass is 9.45. The second-order valence-corrected chi connectivity index (χ2v) is 15.9. The van der Waals surface area contributed by atoms with E-state index in [1.54, 1.807) is 0 Å². The fourth-order valence-electron chi connectivity index (χ4n) is 10.5. The summed E-state index contributed by atoms with van der Waals surface area (Å²) < 4.78 is 0. The van der Waals surface area contributed by atoms with E-state index in [0.29, 0.717) is 24.7 Å². The molecule has 220 valence electrons. The van der Waals surface area contributed by atoms with Crippen LogP contribution in [0, 0.1) is 45.3 Å². The molecule has 0 saturated heterocycles. The minimum absolute atomic E-state index is 0.0178. The van der Waals surface area contributed by atoms with E-state index in [-0.39, 0.29) is 46.3 Å². The second kappa shape index (κ2) is 10.4. The molecule has 4 rings (SSSR count). The van der Waals surface area contributed by atoms with Crippen molar-refractivity contribution in [1.29, 1.82) is 0 Å². The molecule has 0 unspecified atom stereocenters. The van der Waals surface area contributed by atoms with Gasteiger partial charge in [-0.25, -0.2) is 0 Å². The van der Waals surface area contributed by atoms with Crippen molar-refractivity contribution in [3.8, 4) is 0 Å². The highest BCUT2D eigenvalue weighted by Crippen LogP contribution is 2.64. The fourth-order valence-corrected chi connectivity index (χ4v) is 10.5. The Bertz CT molecular complexity index is 816. The van der Waals surface area contributed by atoms with Crippen LogP contribution in [0.2, 0.25) is 0 Å². The average molecular weight is 535 g/mol. The molecule has 6 nitrogen and oxygen atoms in total. The second-order valence-electron chi connectivity index (χ2n) is 15.9. The van der Waals surface area contributed by atoms with Crippen LogP contribution < -0.4 is 10.2 Å². The van der Waals surface area contributed by atoms with Crippen LogP contribution in [0.5, 0.6) is 0 Å². The lowest BCUT2D eigenvalue weighted by Gasteiger charge is -2.61. The van der Waals surface area contributed by atoms with Gasteiger partial charge in [-0.1, -0.05) is 54.4 Å². The zero-order chi connectivity index (χ0) is 28.9. The maximum absolute atomic E-state index is 11.1. The van der Waals surface area contributed by atoms with Crippen LogP contribution in [0.15, 0.2) is 0 Å². The molecular formula is C32H54O6-2. The summed E-state index contributed by atoms with van der Waals surface area (Å²) in [5, 5.41) is 43.6. The van der Waals surface area contributed by atoms with Gasteiger partial charge in [-0.3, -0.25) is 0 Å². The van der Waals surface area contributed by atoms with Crippen molar-refractivity contribution >= 4 is 11.9 Å². The molecule has 0 aromatic rings. The molecule has 0 radical (unpaired) electrons. The zero-order valence-corrected chi connectivity index (χ0v) is 25.3. The number of aliphatic carboxylic acids is 2. The Balaban J connectivity index is 0.000000211. The number of fused-ring (bicyclic) bond motifs is 2. The number of hydrogen-bond donors (Lipinski definition) is 2. The van der Waals surface area contributed by atoms with Crippen molar-refractivity contribution < 1.29 is 30.0 Å². The highest BCUT2D eigenvalue weighted by atomic mass is 16.4. The van der Waals surface area contributed by atoms with Crippen LogP contribution in [-0.2, 0) is 9.59 Å². The van der Waals surface area contributed by atoms with Gasteiger partial charge in [0.2, 0.25) is 0 Å². The Labute approximate surface area is 231 Å². The Morgan fingerprint density at radius 3 is 1.21 bits per heavy atom. The van der Waals surface area contributed by atoms with Gasteiger partial charge in [-0.05, 0) is 123 Å². The van der Waals surface area contributed by atoms with Crippen molar-refractivity contribution in [2.45, 2.75) is 144 Å². The zero-order valence-electron chi connectivity index (χ0n) is 25.3. The third-order valence-electron chi connectivity index (χ3n) is 12.3. The normalized spacial score (nSPS) is 45.5. The number of aliphatic hydroxyl groups is 2. The predicted molar refractivity (Wildman–Crippen MR) is 144 cm³/mol. The summed E-state index contributed by atoms with van der Waals surface area (Å²) in [5.41, 5.74) is -1.42. The molecule has 0 bridgehead atoms. The first-order valence-electron chi connectivity index (χ1n) is 15.0. The summed E-state index contributed by atoms with van der Waals surface area (Å²) in [6.07, 6.45) is 10.1. The summed E-state index contributed by atoms with van der Waals surface area (Å²) in [5.74, 6) is -1.45. The summed E-state index contributed by atoms with van der Waals surface area (Å²) in [4.78, 5) is 22.2. The van der Waals surface area contributed by atoms with E-state index in [9.17, 15) is 30.0 Å². The lowest BCUT2D eigenvalue weighted by Crippen LogP contribution is -2.58. The summed E-state index contributed by atoms with van der Waals surface area (Å²) >= 11 is 0. The van der Waals surface area contributed by atoms with E-state index < -0.39 is 23.1 Å². The molecule has 38 heavy (non-hydrogen) atoms. The largest absolute Gasteiger partial charge is 0.550 e. The van der Waals surface area contributed by atoms with E-state index in [2.05, 4.69) is 41.5 Å². The van der Waals surface area contributed by atoms with E-state index in [1.807, 2.05) is 13.8 Å². The first kappa shape index (κ1) is 31.4. The molecule has 6 heteroatoms. The van der Waals surface area contributed by atoms with Crippen molar-refractivity contribution in [3.05, 3.63) is 0 Å². The van der Waals surface area contributed by atoms with E-state index in [0.717, 1.165) is 38.5 Å². The van der Waals surface area contributed by atoms with Gasteiger partial charge < -0.3 is 30.0 Å². The minimum Gasteiger partial charge on any atom is -0.550 e. The molecule has 0 amide bonds. The summed E-state index contributed by atoms with van der Waals surface area (Å²) in [7, 11) is 0. The molecule has 0 aromatic carbocycles. The molecule has 0 spiro atoms. The smallest absolute Gasteiger partial charge is 0.0656 e. The van der Waals surface area contributed by atoms with Crippen LogP contribution in [0.1, 0.15) is 132 Å². The van der Waals surface area contributed by atoms with Gasteiger partial charge in [0.15, 0.2) is 0 Å². The maximum Gasteiger partial charge on any atom is 0.0656 e. The van der Waals surface area contributed by atoms with Crippen LogP contribution in [0.3, 0.4) is 0 Å². The molecule has 0 aromatic heterocycles. The number of carbonyl (C=O) groups excluding carboxylic acids is 2. The fraction of sp³-hybridized carbons (Fsp3) is 0.938. The van der Waals surface area contributed by atoms with E-state index >= 15 is 0 Å². The maximum atomic E-state index is 11.1. The van der Waals surface area contributed by atoms with Gasteiger partial charge in [-0.15, -0.1) is 0 Å². The van der Waals surface area contributed by atoms with Gasteiger partial charge in [0.25, 0.3) is 0 Å². The van der Waals surface area contributed by atoms with Gasteiger partial charge >= 0.3 is 0 Å². The molecule has 4 aliphatic rings. The Kier molecular flexibility index (Phi) is 8.56. The van der Waals surface area contributed by atoms with Crippen molar-refractivity contribution in [1.82, 2.24) is 0 Å². The topological polar surface area (TPSA) is 121 Å². The van der Waals surface area contributed by atoms with Crippen LogP contribution in [0.25, 0.3) is 0 Å². The van der Waals surface area contributed by atoms with E-state index in [1.165, 1.54) is 12.8 Å². The van der Waals surface area contributed by atoms with Crippen LogP contribution >= 0.6 is 0 Å². The van der Waals surface area contributed by atoms with Gasteiger partial charge in [0.05, 0.1) is 11.2 Å². The third kappa shape index (κ3) is 5.82. The van der Waals surface area contributed by atoms with E-state index in [4.69, 9.17) is 0 Å². The Hall–Kier alpha value is -1.14. The number of rotatable bonds is 4. The molecule has 4 saturated carbocycles. The first-order valence-corrected chi connectivity index (χ1v) is 15.0. The SMILES string of the molecule is CC1(C)CCC[C@]2(C)[C@@H](CC(=O)[O-])[C@](C)(O)CC[C@@H]12.CC1(C)CCC[C@]2(C)[C@H]1CC[C@](C)(O)[C@H]2CC(=O)[O-]. The lowest BCUT2D eigenvalue weighted by molar-refractivity contribution is -0.312. The van der Waals surface area contributed by atoms with Crippen molar-refractivity contribution in [3.63, 3.8) is 0 Å². The summed E-state index contributed by atoms with van der Waals surface area (Å²) in [6.45, 7) is 17.2. The number of hydrogen-bond acceptors (Lipinski definition) is 6. The van der Waals surface area contributed by atoms with Gasteiger partial charge in [-0.2, -0.15) is 0 Å². The minimum atomic E-state index is -1.03. The third-order valence-corrected chi connectivity index (χ3v) is 12.3. The van der Waals surface area contributed by atoms with Crippen molar-refractivity contribution in [2.75, 3.05) is 0 Å². The monoisotopic (exact) mass is 534 g/mol. The van der Waals surface area contributed by atoms with Gasteiger partial charge in [0, 0.05) is 11.9 Å². The van der Waals surface area contributed by atoms with Crippen LogP contribution in [0.4, 0.5) is 0 Å². The quantitative estimate of drug-likeness (QED) is 0.557. The standard InChI is InChI=1S/2C16H28O3/c2*1-14(2)7-5-8-15(3)11(14)6-9-16(4,19)12(15)10-13(17)18/h2*11-12,19H,5-10H2,1-4H3,(H,17,18)/p-2/t11-,12+,15-,16+;11-,12-,15+,16-/m00/s1. The molecule has 0 heterocycles. The number of carbonyl (C=O) groups is 2. The molecule has 2 N–H and O–H groups in total. The Morgan fingerprint density at radius 1 is 0.605 bits per heavy atom. The molecule has 4 fully saturated rings. The van der Waals surface area contributed by atoms with Gasteiger partial charge in [0.1, 0.15) is 0 Å².